The monoisotopic (exact) mass is 414 g/mol. The molecule has 31 heavy (non-hydrogen) atoms. The molecule has 8 heteroatoms. The van der Waals surface area contributed by atoms with E-state index in [2.05, 4.69) is 10.3 Å². The van der Waals surface area contributed by atoms with Crippen LogP contribution in [0.5, 0.6) is 0 Å². The number of nitrogens with zero attached hydrogens (tertiary/aromatic N) is 3. The number of anilines is 1. The molecule has 4 aromatic rings. The van der Waals surface area contributed by atoms with Crippen molar-refractivity contribution in [2.75, 3.05) is 5.73 Å². The molecule has 4 rings (SSSR count). The summed E-state index contributed by atoms with van der Waals surface area (Å²) in [6.45, 7) is 0.323. The molecule has 0 amide bonds. The first-order chi connectivity index (χ1) is 14.9. The van der Waals surface area contributed by atoms with Gasteiger partial charge >= 0.3 is 11.9 Å². The van der Waals surface area contributed by atoms with Crippen molar-refractivity contribution >= 4 is 17.6 Å². The minimum Gasteiger partial charge on any atom is -0.478 e. The SMILES string of the molecule is Nc1ccc(-c2cn(Cc3cc(C(=O)O)cc(-c4ccc(C(=O)O)cc4)c3)nn2)cc1. The second-order valence-corrected chi connectivity index (χ2v) is 7.03. The minimum absolute atomic E-state index is 0.133. The van der Waals surface area contributed by atoms with E-state index in [1.54, 1.807) is 47.3 Å². The van der Waals surface area contributed by atoms with E-state index in [4.69, 9.17) is 10.8 Å². The third kappa shape index (κ3) is 4.43. The summed E-state index contributed by atoms with van der Waals surface area (Å²) >= 11 is 0. The third-order valence-electron chi connectivity index (χ3n) is 4.79. The number of aromatic nitrogens is 3. The predicted octanol–water partition coefficient (Wildman–Crippen LogP) is 3.64. The van der Waals surface area contributed by atoms with E-state index in [-0.39, 0.29) is 11.1 Å². The second-order valence-electron chi connectivity index (χ2n) is 7.03. The molecule has 154 valence electrons. The first kappa shape index (κ1) is 19.8. The number of benzene rings is 3. The molecule has 0 aliphatic carbocycles. The van der Waals surface area contributed by atoms with Crippen molar-refractivity contribution in [2.24, 2.45) is 0 Å². The fourth-order valence-corrected chi connectivity index (χ4v) is 3.23. The maximum absolute atomic E-state index is 11.6. The number of aromatic carboxylic acids is 2. The highest BCUT2D eigenvalue weighted by molar-refractivity contribution is 5.91. The minimum atomic E-state index is -1.05. The Morgan fingerprint density at radius 2 is 1.45 bits per heavy atom. The second kappa shape index (κ2) is 8.11. The fraction of sp³-hybridized carbons (Fsp3) is 0.0435. The zero-order chi connectivity index (χ0) is 22.0. The lowest BCUT2D eigenvalue weighted by Crippen LogP contribution is -2.04. The predicted molar refractivity (Wildman–Crippen MR) is 115 cm³/mol. The van der Waals surface area contributed by atoms with Crippen molar-refractivity contribution in [3.63, 3.8) is 0 Å². The molecule has 4 N–H and O–H groups in total. The number of carboxylic acid groups (broad SMARTS) is 2. The molecule has 0 fully saturated rings. The Hall–Kier alpha value is -4.46. The molecule has 0 radical (unpaired) electrons. The molecule has 0 spiro atoms. The molecule has 1 heterocycles. The van der Waals surface area contributed by atoms with Crippen molar-refractivity contribution in [3.8, 4) is 22.4 Å². The van der Waals surface area contributed by atoms with Gasteiger partial charge in [-0.1, -0.05) is 29.5 Å². The lowest BCUT2D eigenvalue weighted by atomic mass is 9.98. The van der Waals surface area contributed by atoms with Gasteiger partial charge in [-0.2, -0.15) is 0 Å². The number of nitrogen functional groups attached to an aromatic ring is 1. The van der Waals surface area contributed by atoms with E-state index < -0.39 is 11.9 Å². The highest BCUT2D eigenvalue weighted by Gasteiger charge is 2.11. The molecular formula is C23H18N4O4. The molecule has 3 aromatic carbocycles. The van der Waals surface area contributed by atoms with Gasteiger partial charge in [0.05, 0.1) is 23.9 Å². The highest BCUT2D eigenvalue weighted by atomic mass is 16.4. The van der Waals surface area contributed by atoms with Gasteiger partial charge < -0.3 is 15.9 Å². The first-order valence-electron chi connectivity index (χ1n) is 9.36. The average molecular weight is 414 g/mol. The molecule has 0 atom stereocenters. The lowest BCUT2D eigenvalue weighted by molar-refractivity contribution is 0.0686. The molecule has 0 bridgehead atoms. The normalized spacial score (nSPS) is 10.7. The van der Waals surface area contributed by atoms with Gasteiger partial charge in [0.25, 0.3) is 0 Å². The van der Waals surface area contributed by atoms with Crippen LogP contribution in [0.15, 0.2) is 72.9 Å². The molecular weight excluding hydrogens is 396 g/mol. The van der Waals surface area contributed by atoms with Gasteiger partial charge in [-0.3, -0.25) is 0 Å². The van der Waals surface area contributed by atoms with Crippen LogP contribution < -0.4 is 5.73 Å². The molecule has 8 nitrogen and oxygen atoms in total. The van der Waals surface area contributed by atoms with Gasteiger partial charge in [0.2, 0.25) is 0 Å². The van der Waals surface area contributed by atoms with Gasteiger partial charge in [-0.05, 0) is 59.2 Å². The van der Waals surface area contributed by atoms with E-state index in [9.17, 15) is 14.7 Å². The summed E-state index contributed by atoms with van der Waals surface area (Å²) in [5, 5.41) is 26.9. The number of hydrogen-bond acceptors (Lipinski definition) is 5. The van der Waals surface area contributed by atoms with E-state index in [0.717, 1.165) is 16.7 Å². The molecule has 0 saturated heterocycles. The van der Waals surface area contributed by atoms with Crippen LogP contribution in [0.3, 0.4) is 0 Å². The maximum atomic E-state index is 11.6. The Bertz CT molecular complexity index is 1260. The average Bonchev–Trinajstić information content (AvgIpc) is 3.22. The van der Waals surface area contributed by atoms with Gasteiger partial charge in [0.15, 0.2) is 0 Å². The van der Waals surface area contributed by atoms with Gasteiger partial charge in [0.1, 0.15) is 5.69 Å². The Morgan fingerprint density at radius 1 is 0.806 bits per heavy atom. The smallest absolute Gasteiger partial charge is 0.335 e. The summed E-state index contributed by atoms with van der Waals surface area (Å²) in [5.41, 5.74) is 10.3. The van der Waals surface area contributed by atoms with Crippen molar-refractivity contribution in [1.82, 2.24) is 15.0 Å². The maximum Gasteiger partial charge on any atom is 0.335 e. The quantitative estimate of drug-likeness (QED) is 0.410. The third-order valence-corrected chi connectivity index (χ3v) is 4.79. The zero-order valence-corrected chi connectivity index (χ0v) is 16.3. The van der Waals surface area contributed by atoms with Gasteiger partial charge in [-0.15, -0.1) is 5.10 Å². The van der Waals surface area contributed by atoms with E-state index in [1.807, 2.05) is 18.2 Å². The standard InChI is InChI=1S/C23H18N4O4/c24-20-7-5-16(6-8-20)21-13-27(26-25-21)12-14-9-18(11-19(10-14)23(30)31)15-1-3-17(4-2-15)22(28)29/h1-11,13H,12,24H2,(H,28,29)(H,30,31). The number of carboxylic acids is 2. The summed E-state index contributed by atoms with van der Waals surface area (Å²) in [7, 11) is 0. The van der Waals surface area contributed by atoms with Crippen molar-refractivity contribution in [2.45, 2.75) is 6.54 Å². The van der Waals surface area contributed by atoms with Crippen molar-refractivity contribution < 1.29 is 19.8 Å². The number of carbonyl (C=O) groups is 2. The van der Waals surface area contributed by atoms with Crippen LogP contribution in [0.2, 0.25) is 0 Å². The van der Waals surface area contributed by atoms with Crippen LogP contribution in [0.1, 0.15) is 26.3 Å². The number of hydrogen-bond donors (Lipinski definition) is 3. The topological polar surface area (TPSA) is 131 Å². The summed E-state index contributed by atoms with van der Waals surface area (Å²) in [6.07, 6.45) is 1.78. The van der Waals surface area contributed by atoms with Gasteiger partial charge in [-0.25, -0.2) is 14.3 Å². The van der Waals surface area contributed by atoms with Crippen molar-refractivity contribution in [3.05, 3.63) is 89.6 Å². The molecule has 0 unspecified atom stereocenters. The van der Waals surface area contributed by atoms with Crippen molar-refractivity contribution in [1.29, 1.82) is 0 Å². The number of nitrogens with two attached hydrogens (primary N) is 1. The lowest BCUT2D eigenvalue weighted by Gasteiger charge is -2.09. The molecule has 0 saturated carbocycles. The fourth-order valence-electron chi connectivity index (χ4n) is 3.23. The Morgan fingerprint density at radius 3 is 2.10 bits per heavy atom. The zero-order valence-electron chi connectivity index (χ0n) is 16.3. The molecule has 0 aliphatic rings. The first-order valence-corrected chi connectivity index (χ1v) is 9.36. The van der Waals surface area contributed by atoms with Crippen LogP contribution in [0.4, 0.5) is 5.69 Å². The summed E-state index contributed by atoms with van der Waals surface area (Å²) in [6, 6.07) is 18.6. The number of rotatable bonds is 6. The Labute approximate surface area is 177 Å². The van der Waals surface area contributed by atoms with Gasteiger partial charge in [0, 0.05) is 11.3 Å². The molecule has 0 aliphatic heterocycles. The highest BCUT2D eigenvalue weighted by Crippen LogP contribution is 2.24. The van der Waals surface area contributed by atoms with E-state index in [1.165, 1.54) is 12.1 Å². The van der Waals surface area contributed by atoms with Crippen LogP contribution in [0.25, 0.3) is 22.4 Å². The van der Waals surface area contributed by atoms with Crippen LogP contribution in [-0.4, -0.2) is 37.1 Å². The Kier molecular flexibility index (Phi) is 5.19. The summed E-state index contributed by atoms with van der Waals surface area (Å²) in [5.74, 6) is -2.07. The summed E-state index contributed by atoms with van der Waals surface area (Å²) in [4.78, 5) is 22.7. The largest absolute Gasteiger partial charge is 0.478 e. The van der Waals surface area contributed by atoms with Crippen LogP contribution in [-0.2, 0) is 6.54 Å². The molecule has 1 aromatic heterocycles. The summed E-state index contributed by atoms with van der Waals surface area (Å²) < 4.78 is 1.63. The van der Waals surface area contributed by atoms with Crippen LogP contribution >= 0.6 is 0 Å². The van der Waals surface area contributed by atoms with E-state index in [0.29, 0.717) is 23.5 Å². The van der Waals surface area contributed by atoms with Crippen LogP contribution in [0, 0.1) is 0 Å². The Balaban J connectivity index is 1.64. The van der Waals surface area contributed by atoms with E-state index >= 15 is 0 Å².